The van der Waals surface area contributed by atoms with Crippen molar-refractivity contribution < 1.29 is 0 Å². The molecule has 4 aliphatic heterocycles. The third-order valence-corrected chi connectivity index (χ3v) is 17.8. The van der Waals surface area contributed by atoms with Crippen molar-refractivity contribution in [3.63, 3.8) is 0 Å². The maximum absolute atomic E-state index is 3.95. The third-order valence-electron chi connectivity index (χ3n) is 17.8. The van der Waals surface area contributed by atoms with Crippen LogP contribution in [0.1, 0.15) is 161 Å². The van der Waals surface area contributed by atoms with Crippen molar-refractivity contribution in [2.24, 2.45) is 47.3 Å². The number of rotatable bonds is 7. The lowest BCUT2D eigenvalue weighted by atomic mass is 9.60. The summed E-state index contributed by atoms with van der Waals surface area (Å²) < 4.78 is 0. The molecular formula is C45H79N5. The summed E-state index contributed by atoms with van der Waals surface area (Å²) in [5.41, 5.74) is 0. The first-order valence-corrected chi connectivity index (χ1v) is 23.5. The van der Waals surface area contributed by atoms with Crippen LogP contribution in [0, 0.1) is 47.3 Å². The zero-order chi connectivity index (χ0) is 33.3. The lowest BCUT2D eigenvalue weighted by molar-refractivity contribution is -0.0102. The topological polar surface area (TPSA) is 42.6 Å². The average Bonchev–Trinajstić information content (AvgIpc) is 3.53. The highest BCUT2D eigenvalue weighted by atomic mass is 15.3. The van der Waals surface area contributed by atoms with Gasteiger partial charge in [-0.1, -0.05) is 38.5 Å². The van der Waals surface area contributed by atoms with Crippen LogP contribution >= 0.6 is 0 Å². The van der Waals surface area contributed by atoms with Gasteiger partial charge in [0.2, 0.25) is 0 Å². The van der Waals surface area contributed by atoms with Gasteiger partial charge in [0.25, 0.3) is 0 Å². The van der Waals surface area contributed by atoms with E-state index in [4.69, 9.17) is 0 Å². The Labute approximate surface area is 308 Å². The van der Waals surface area contributed by atoms with Gasteiger partial charge in [-0.3, -0.25) is 9.80 Å². The fourth-order valence-electron chi connectivity index (χ4n) is 15.5. The molecule has 7 atom stereocenters. The van der Waals surface area contributed by atoms with Gasteiger partial charge >= 0.3 is 0 Å². The van der Waals surface area contributed by atoms with E-state index in [9.17, 15) is 0 Å². The Balaban J connectivity index is 0.870. The van der Waals surface area contributed by atoms with Crippen molar-refractivity contribution in [3.05, 3.63) is 0 Å². The van der Waals surface area contributed by atoms with Gasteiger partial charge < -0.3 is 16.0 Å². The number of piperidine rings is 3. The monoisotopic (exact) mass is 690 g/mol. The van der Waals surface area contributed by atoms with Crippen LogP contribution in [0.15, 0.2) is 0 Å². The Morgan fingerprint density at radius 2 is 0.860 bits per heavy atom. The molecule has 7 unspecified atom stereocenters. The zero-order valence-electron chi connectivity index (χ0n) is 32.4. The first-order chi connectivity index (χ1) is 24.8. The molecule has 9 aliphatic rings. The summed E-state index contributed by atoms with van der Waals surface area (Å²) in [6.07, 6.45) is 37.7. The molecule has 0 bridgehead atoms. The van der Waals surface area contributed by atoms with Crippen molar-refractivity contribution in [1.82, 2.24) is 25.8 Å². The summed E-state index contributed by atoms with van der Waals surface area (Å²) in [4.78, 5) is 6.55. The van der Waals surface area contributed by atoms with E-state index in [0.29, 0.717) is 0 Å². The Morgan fingerprint density at radius 3 is 1.42 bits per heavy atom. The lowest BCUT2D eigenvalue weighted by Gasteiger charge is -2.51. The van der Waals surface area contributed by atoms with Crippen LogP contribution in [0.3, 0.4) is 0 Å². The normalized spacial score (nSPS) is 43.9. The molecule has 284 valence electrons. The highest BCUT2D eigenvalue weighted by Crippen LogP contribution is 2.53. The molecular weight excluding hydrogens is 611 g/mol. The second-order valence-electron chi connectivity index (χ2n) is 20.1. The first kappa shape index (κ1) is 35.5. The van der Waals surface area contributed by atoms with Gasteiger partial charge in [-0.25, -0.2) is 0 Å². The number of nitrogens with one attached hydrogen (secondary N) is 3. The number of hydrogen-bond acceptors (Lipinski definition) is 5. The largest absolute Gasteiger partial charge is 0.317 e. The van der Waals surface area contributed by atoms with E-state index in [1.165, 1.54) is 168 Å². The van der Waals surface area contributed by atoms with Crippen LogP contribution in [0.25, 0.3) is 0 Å². The van der Waals surface area contributed by atoms with Crippen molar-refractivity contribution in [3.8, 4) is 0 Å². The molecule has 9 fully saturated rings. The van der Waals surface area contributed by atoms with Gasteiger partial charge in [0.15, 0.2) is 0 Å². The van der Waals surface area contributed by atoms with Crippen LogP contribution in [-0.2, 0) is 0 Å². The molecule has 0 aromatic rings. The highest BCUT2D eigenvalue weighted by Gasteiger charge is 2.55. The van der Waals surface area contributed by atoms with Gasteiger partial charge in [-0.15, -0.1) is 0 Å². The van der Waals surface area contributed by atoms with Crippen molar-refractivity contribution >= 4 is 0 Å². The summed E-state index contributed by atoms with van der Waals surface area (Å²) in [6, 6.07) is 5.36. The Hall–Kier alpha value is -0.200. The van der Waals surface area contributed by atoms with Gasteiger partial charge in [-0.05, 0) is 209 Å². The molecule has 0 aromatic carbocycles. The highest BCUT2D eigenvalue weighted by molar-refractivity contribution is 5.09. The van der Waals surface area contributed by atoms with E-state index in [1.807, 2.05) is 0 Å². The molecule has 4 saturated heterocycles. The van der Waals surface area contributed by atoms with Crippen molar-refractivity contribution in [2.45, 2.75) is 197 Å². The molecule has 9 rings (SSSR count). The van der Waals surface area contributed by atoms with E-state index in [1.54, 1.807) is 32.1 Å². The van der Waals surface area contributed by atoms with Crippen LogP contribution in [0.5, 0.6) is 0 Å². The summed E-state index contributed by atoms with van der Waals surface area (Å²) >= 11 is 0. The van der Waals surface area contributed by atoms with Gasteiger partial charge in [0.05, 0.1) is 0 Å². The minimum atomic E-state index is 0.882. The maximum Gasteiger partial charge on any atom is 0.0157 e. The van der Waals surface area contributed by atoms with E-state index in [0.717, 1.165) is 83.6 Å². The fraction of sp³-hybridized carbons (Fsp3) is 1.00. The number of nitrogens with zero attached hydrogens (tertiary/aromatic N) is 2. The summed E-state index contributed by atoms with van der Waals surface area (Å²) in [7, 11) is 0. The molecule has 0 radical (unpaired) electrons. The van der Waals surface area contributed by atoms with E-state index in [-0.39, 0.29) is 0 Å². The van der Waals surface area contributed by atoms with Crippen LogP contribution in [0.2, 0.25) is 0 Å². The standard InChI is InChI=1S/C45H79N5/c1-3-7-38(8-4-1)49(39-9-5-2-6-10-39)41-15-16-44-42(30-41)43-31-48-26-21-45(43)50(44)40-13-11-32(12-14-40)35-27-36(33-17-22-46-23-18-33)29-37(28-35)34-19-24-47-25-20-34/h32-48H,1-31H2. The molecule has 50 heavy (non-hydrogen) atoms. The minimum absolute atomic E-state index is 0.882. The SMILES string of the molecule is C1CCC(N(C2CCCCC2)C2CCC3C(C2)C2CNCCC2N3C2CCC(C3CC(C4CCNCC4)CC(C4CCNCC4)C3)CC2)CC1. The summed E-state index contributed by atoms with van der Waals surface area (Å²) in [6.45, 7) is 7.71. The van der Waals surface area contributed by atoms with Gasteiger partial charge in [0, 0.05) is 36.3 Å². The lowest BCUT2D eigenvalue weighted by Crippen LogP contribution is -2.55. The molecule has 3 N–H and O–H groups in total. The summed E-state index contributed by atoms with van der Waals surface area (Å²) in [5, 5.41) is 11.3. The maximum atomic E-state index is 3.95. The number of likely N-dealkylation sites (tertiary alicyclic amines) is 1. The van der Waals surface area contributed by atoms with Crippen LogP contribution in [0.4, 0.5) is 0 Å². The van der Waals surface area contributed by atoms with Gasteiger partial charge in [-0.2, -0.15) is 0 Å². The predicted octanol–water partition coefficient (Wildman–Crippen LogP) is 8.38. The third kappa shape index (κ3) is 7.54. The molecule has 5 aliphatic carbocycles. The smallest absolute Gasteiger partial charge is 0.0157 e. The predicted molar refractivity (Wildman–Crippen MR) is 208 cm³/mol. The fourth-order valence-corrected chi connectivity index (χ4v) is 15.5. The van der Waals surface area contributed by atoms with Crippen molar-refractivity contribution in [2.75, 3.05) is 39.3 Å². The molecule has 5 heteroatoms. The second kappa shape index (κ2) is 16.7. The molecule has 5 saturated carbocycles. The van der Waals surface area contributed by atoms with E-state index < -0.39 is 0 Å². The zero-order valence-corrected chi connectivity index (χ0v) is 32.4. The van der Waals surface area contributed by atoms with Gasteiger partial charge in [0.1, 0.15) is 0 Å². The van der Waals surface area contributed by atoms with E-state index >= 15 is 0 Å². The first-order valence-electron chi connectivity index (χ1n) is 23.5. The summed E-state index contributed by atoms with van der Waals surface area (Å²) in [5.74, 6) is 8.01. The Bertz CT molecular complexity index is 990. The number of fused-ring (bicyclic) bond motifs is 3. The Kier molecular flexibility index (Phi) is 11.8. The Morgan fingerprint density at radius 1 is 0.360 bits per heavy atom. The van der Waals surface area contributed by atoms with E-state index in [2.05, 4.69) is 25.8 Å². The molecule has 4 heterocycles. The minimum Gasteiger partial charge on any atom is -0.317 e. The molecule has 0 amide bonds. The molecule has 5 nitrogen and oxygen atoms in total. The molecule has 0 spiro atoms. The second-order valence-corrected chi connectivity index (χ2v) is 20.1. The average molecular weight is 690 g/mol. The molecule has 0 aromatic heterocycles. The van der Waals surface area contributed by atoms with Crippen LogP contribution < -0.4 is 16.0 Å². The number of hydrogen-bond donors (Lipinski definition) is 3. The van der Waals surface area contributed by atoms with Crippen molar-refractivity contribution in [1.29, 1.82) is 0 Å². The van der Waals surface area contributed by atoms with Crippen LogP contribution in [-0.4, -0.2) is 85.3 Å². The quantitative estimate of drug-likeness (QED) is 0.251.